The molecule has 1 rings (SSSR count). The van der Waals surface area contributed by atoms with Crippen molar-refractivity contribution in [2.24, 2.45) is 5.73 Å². The summed E-state index contributed by atoms with van der Waals surface area (Å²) in [5.74, 6) is 0. The number of β-amino-alcohol motifs (C(OH)–C–C–N with tert-alkyl or cyclic N) is 1. The summed E-state index contributed by atoms with van der Waals surface area (Å²) in [5, 5.41) is 10.1. The summed E-state index contributed by atoms with van der Waals surface area (Å²) in [4.78, 5) is 4.62. The van der Waals surface area contributed by atoms with Gasteiger partial charge >= 0.3 is 0 Å². The first-order valence-electron chi connectivity index (χ1n) is 5.83. The van der Waals surface area contributed by atoms with Crippen LogP contribution in [0.2, 0.25) is 0 Å². The predicted molar refractivity (Wildman–Crippen MR) is 62.8 cm³/mol. The first-order valence-corrected chi connectivity index (χ1v) is 5.83. The molecule has 15 heavy (non-hydrogen) atoms. The molecule has 1 aliphatic heterocycles. The average Bonchev–Trinajstić information content (AvgIpc) is 2.20. The van der Waals surface area contributed by atoms with E-state index in [4.69, 9.17) is 5.73 Å². The molecular weight excluding hydrogens is 190 g/mol. The fraction of sp³-hybridized carbons (Fsp3) is 1.00. The van der Waals surface area contributed by atoms with Gasteiger partial charge in [0, 0.05) is 38.8 Å². The first-order chi connectivity index (χ1) is 6.98. The Labute approximate surface area is 93.0 Å². The van der Waals surface area contributed by atoms with Gasteiger partial charge in [-0.15, -0.1) is 0 Å². The maximum Gasteiger partial charge on any atom is 0.0743 e. The lowest BCUT2D eigenvalue weighted by molar-refractivity contribution is -0.0153. The molecule has 90 valence electrons. The number of hydrogen-bond donors (Lipinski definition) is 2. The second kappa shape index (κ2) is 5.25. The van der Waals surface area contributed by atoms with Crippen LogP contribution in [-0.2, 0) is 0 Å². The Kier molecular flexibility index (Phi) is 4.52. The van der Waals surface area contributed by atoms with Crippen LogP contribution in [0.5, 0.6) is 0 Å². The summed E-state index contributed by atoms with van der Waals surface area (Å²) < 4.78 is 0. The fourth-order valence-corrected chi connectivity index (χ4v) is 2.03. The van der Waals surface area contributed by atoms with Gasteiger partial charge in [0.15, 0.2) is 0 Å². The molecule has 1 heterocycles. The first kappa shape index (κ1) is 12.9. The van der Waals surface area contributed by atoms with E-state index in [9.17, 15) is 5.11 Å². The smallest absolute Gasteiger partial charge is 0.0743 e. The Hall–Kier alpha value is -0.160. The van der Waals surface area contributed by atoms with Gasteiger partial charge in [0.05, 0.1) is 5.60 Å². The summed E-state index contributed by atoms with van der Waals surface area (Å²) >= 11 is 0. The van der Waals surface area contributed by atoms with Gasteiger partial charge in [-0.2, -0.15) is 0 Å². The third-order valence-electron chi connectivity index (χ3n) is 3.39. The molecule has 0 amide bonds. The van der Waals surface area contributed by atoms with Crippen molar-refractivity contribution in [1.82, 2.24) is 9.80 Å². The fourth-order valence-electron chi connectivity index (χ4n) is 2.03. The lowest BCUT2D eigenvalue weighted by Gasteiger charge is -2.42. The minimum Gasteiger partial charge on any atom is -0.389 e. The van der Waals surface area contributed by atoms with Gasteiger partial charge in [-0.25, -0.2) is 0 Å². The Morgan fingerprint density at radius 1 is 1.47 bits per heavy atom. The van der Waals surface area contributed by atoms with E-state index < -0.39 is 5.60 Å². The van der Waals surface area contributed by atoms with E-state index in [0.717, 1.165) is 32.6 Å². The van der Waals surface area contributed by atoms with Crippen molar-refractivity contribution in [2.45, 2.75) is 31.9 Å². The second-order valence-corrected chi connectivity index (χ2v) is 4.97. The highest BCUT2D eigenvalue weighted by molar-refractivity contribution is 4.86. The van der Waals surface area contributed by atoms with Gasteiger partial charge in [-0.1, -0.05) is 6.92 Å². The van der Waals surface area contributed by atoms with Crippen LogP contribution in [0.25, 0.3) is 0 Å². The second-order valence-electron chi connectivity index (χ2n) is 4.97. The summed E-state index contributed by atoms with van der Waals surface area (Å²) in [7, 11) is 2.12. The molecule has 1 saturated heterocycles. The molecular formula is C11H25N3O. The van der Waals surface area contributed by atoms with Crippen LogP contribution in [-0.4, -0.2) is 66.3 Å². The Bertz CT molecular complexity index is 196. The van der Waals surface area contributed by atoms with Crippen molar-refractivity contribution < 1.29 is 5.11 Å². The van der Waals surface area contributed by atoms with Crippen molar-refractivity contribution in [2.75, 3.05) is 39.8 Å². The molecule has 4 nitrogen and oxygen atoms in total. The molecule has 0 aromatic heterocycles. The van der Waals surface area contributed by atoms with Crippen molar-refractivity contribution >= 4 is 0 Å². The zero-order valence-electron chi connectivity index (χ0n) is 10.2. The normalized spacial score (nSPS) is 29.0. The zero-order valence-corrected chi connectivity index (χ0v) is 10.2. The molecule has 1 fully saturated rings. The number of nitrogens with zero attached hydrogens (tertiary/aromatic N) is 2. The number of hydrogen-bond acceptors (Lipinski definition) is 4. The summed E-state index contributed by atoms with van der Waals surface area (Å²) in [6, 6.07) is 0.391. The highest BCUT2D eigenvalue weighted by atomic mass is 16.3. The molecule has 0 bridgehead atoms. The number of rotatable bonds is 4. The topological polar surface area (TPSA) is 52.7 Å². The summed E-state index contributed by atoms with van der Waals surface area (Å²) in [6.45, 7) is 8.41. The maximum atomic E-state index is 10.1. The van der Waals surface area contributed by atoms with Crippen molar-refractivity contribution in [3.8, 4) is 0 Å². The molecule has 2 atom stereocenters. The highest BCUT2D eigenvalue weighted by Gasteiger charge is 2.29. The molecule has 0 aliphatic carbocycles. The molecule has 0 aromatic carbocycles. The summed E-state index contributed by atoms with van der Waals surface area (Å²) in [5.41, 5.74) is 5.19. The van der Waals surface area contributed by atoms with Crippen LogP contribution >= 0.6 is 0 Å². The predicted octanol–water partition coefficient (Wildman–Crippen LogP) is -0.278. The molecule has 1 aliphatic rings. The number of piperazine rings is 1. The molecule has 2 unspecified atom stereocenters. The van der Waals surface area contributed by atoms with Gasteiger partial charge < -0.3 is 15.7 Å². The largest absolute Gasteiger partial charge is 0.389 e. The highest BCUT2D eigenvalue weighted by Crippen LogP contribution is 2.15. The van der Waals surface area contributed by atoms with Crippen LogP contribution < -0.4 is 5.73 Å². The Balaban J connectivity index is 2.52. The standard InChI is InChI=1S/C11H25N3O/c1-4-11(2,15)9-14-6-5-13(3)8-10(14)7-12/h10,15H,4-9,12H2,1-3H3. The van der Waals surface area contributed by atoms with E-state index in [-0.39, 0.29) is 0 Å². The number of nitrogens with two attached hydrogens (primary N) is 1. The van der Waals surface area contributed by atoms with E-state index in [1.54, 1.807) is 0 Å². The van der Waals surface area contributed by atoms with Gasteiger partial charge in [0.1, 0.15) is 0 Å². The number of likely N-dealkylation sites (N-methyl/N-ethyl adjacent to an activating group) is 1. The van der Waals surface area contributed by atoms with Crippen LogP contribution in [0.15, 0.2) is 0 Å². The minimum absolute atomic E-state index is 0.391. The molecule has 4 heteroatoms. The molecule has 3 N–H and O–H groups in total. The van der Waals surface area contributed by atoms with Crippen molar-refractivity contribution in [3.05, 3.63) is 0 Å². The quantitative estimate of drug-likeness (QED) is 0.677. The van der Waals surface area contributed by atoms with E-state index in [1.165, 1.54) is 0 Å². The van der Waals surface area contributed by atoms with E-state index >= 15 is 0 Å². The lowest BCUT2D eigenvalue weighted by Crippen LogP contribution is -2.58. The van der Waals surface area contributed by atoms with Crippen LogP contribution in [0.1, 0.15) is 20.3 Å². The lowest BCUT2D eigenvalue weighted by atomic mass is 10.0. The van der Waals surface area contributed by atoms with E-state index in [0.29, 0.717) is 12.6 Å². The molecule has 0 radical (unpaired) electrons. The van der Waals surface area contributed by atoms with Crippen molar-refractivity contribution in [3.63, 3.8) is 0 Å². The Morgan fingerprint density at radius 2 is 2.13 bits per heavy atom. The van der Waals surface area contributed by atoms with E-state index in [2.05, 4.69) is 16.8 Å². The molecule has 0 aromatic rings. The van der Waals surface area contributed by atoms with Gasteiger partial charge in [0.2, 0.25) is 0 Å². The SMILES string of the molecule is CCC(C)(O)CN1CCN(C)CC1CN. The van der Waals surface area contributed by atoms with Gasteiger partial charge in [-0.05, 0) is 20.4 Å². The van der Waals surface area contributed by atoms with Crippen LogP contribution in [0.4, 0.5) is 0 Å². The maximum absolute atomic E-state index is 10.1. The monoisotopic (exact) mass is 215 g/mol. The molecule has 0 saturated carbocycles. The third kappa shape index (κ3) is 3.72. The minimum atomic E-state index is -0.580. The molecule has 0 spiro atoms. The number of aliphatic hydroxyl groups is 1. The third-order valence-corrected chi connectivity index (χ3v) is 3.39. The van der Waals surface area contributed by atoms with Crippen LogP contribution in [0, 0.1) is 0 Å². The Morgan fingerprint density at radius 3 is 2.67 bits per heavy atom. The average molecular weight is 215 g/mol. The van der Waals surface area contributed by atoms with Gasteiger partial charge in [-0.3, -0.25) is 4.90 Å². The zero-order chi connectivity index (χ0) is 11.5. The summed E-state index contributed by atoms with van der Waals surface area (Å²) in [6.07, 6.45) is 0.788. The van der Waals surface area contributed by atoms with E-state index in [1.807, 2.05) is 13.8 Å². The van der Waals surface area contributed by atoms with Gasteiger partial charge in [0.25, 0.3) is 0 Å². The van der Waals surface area contributed by atoms with Crippen molar-refractivity contribution in [1.29, 1.82) is 0 Å². The van der Waals surface area contributed by atoms with Crippen LogP contribution in [0.3, 0.4) is 0 Å².